The van der Waals surface area contributed by atoms with Crippen molar-refractivity contribution in [1.29, 1.82) is 0 Å². The molecule has 1 rings (SSSR count). The van der Waals surface area contributed by atoms with Crippen LogP contribution in [-0.4, -0.2) is 56.5 Å². The van der Waals surface area contributed by atoms with Gasteiger partial charge in [-0.3, -0.25) is 0 Å². The molecule has 4 nitrogen and oxygen atoms in total. The molecule has 0 amide bonds. The molecule has 1 N–H and O–H groups in total. The van der Waals surface area contributed by atoms with E-state index in [9.17, 15) is 8.42 Å². The molecule has 0 radical (unpaired) electrons. The Kier molecular flexibility index (Phi) is 6.08. The van der Waals surface area contributed by atoms with Crippen LogP contribution in [0.15, 0.2) is 0 Å². The maximum atomic E-state index is 11.5. The van der Waals surface area contributed by atoms with Crippen LogP contribution in [0.5, 0.6) is 0 Å². The average Bonchev–Trinajstić information content (AvgIpc) is 2.38. The Hall–Kier alpha value is -0.130. The molecule has 0 aromatic heterocycles. The maximum absolute atomic E-state index is 11.5. The molecule has 1 fully saturated rings. The second-order valence-electron chi connectivity index (χ2n) is 6.23. The SMILES string of the molecule is CC(C)(C)NCCCCN1CCCS(=O)(=O)CC1. The maximum Gasteiger partial charge on any atom is 0.151 e. The van der Waals surface area contributed by atoms with Gasteiger partial charge in [-0.2, -0.15) is 0 Å². The zero-order valence-electron chi connectivity index (χ0n) is 12.0. The summed E-state index contributed by atoms with van der Waals surface area (Å²) in [5, 5.41) is 3.47. The molecule has 0 aromatic rings. The Morgan fingerprint density at radius 2 is 1.83 bits per heavy atom. The van der Waals surface area contributed by atoms with Crippen molar-refractivity contribution in [2.24, 2.45) is 0 Å². The predicted molar refractivity (Wildman–Crippen MR) is 76.7 cm³/mol. The molecule has 0 aliphatic carbocycles. The van der Waals surface area contributed by atoms with Crippen LogP contribution >= 0.6 is 0 Å². The Morgan fingerprint density at radius 1 is 1.11 bits per heavy atom. The van der Waals surface area contributed by atoms with Crippen LogP contribution in [0.1, 0.15) is 40.0 Å². The lowest BCUT2D eigenvalue weighted by molar-refractivity contribution is 0.285. The third-order valence-electron chi connectivity index (χ3n) is 3.20. The number of unbranched alkanes of at least 4 members (excludes halogenated alkanes) is 1. The summed E-state index contributed by atoms with van der Waals surface area (Å²) in [7, 11) is -2.76. The van der Waals surface area contributed by atoms with Crippen molar-refractivity contribution < 1.29 is 8.42 Å². The van der Waals surface area contributed by atoms with Crippen molar-refractivity contribution >= 4 is 9.84 Å². The zero-order chi connectivity index (χ0) is 13.6. The van der Waals surface area contributed by atoms with E-state index in [-0.39, 0.29) is 5.54 Å². The lowest BCUT2D eigenvalue weighted by atomic mass is 10.1. The Bertz CT molecular complexity index is 333. The summed E-state index contributed by atoms with van der Waals surface area (Å²) >= 11 is 0. The molecular formula is C13H28N2O2S. The van der Waals surface area contributed by atoms with Crippen LogP contribution in [-0.2, 0) is 9.84 Å². The first kappa shape index (κ1) is 15.9. The summed E-state index contributed by atoms with van der Waals surface area (Å²) in [5.41, 5.74) is 0.191. The van der Waals surface area contributed by atoms with Crippen LogP contribution in [0, 0.1) is 0 Å². The minimum Gasteiger partial charge on any atom is -0.312 e. The third kappa shape index (κ3) is 7.34. The van der Waals surface area contributed by atoms with Gasteiger partial charge in [-0.15, -0.1) is 0 Å². The lowest BCUT2D eigenvalue weighted by Gasteiger charge is -2.22. The first-order valence-corrected chi connectivity index (χ1v) is 8.78. The summed E-state index contributed by atoms with van der Waals surface area (Å²) < 4.78 is 22.9. The van der Waals surface area contributed by atoms with Gasteiger partial charge in [0.1, 0.15) is 0 Å². The van der Waals surface area contributed by atoms with E-state index in [2.05, 4.69) is 31.0 Å². The van der Waals surface area contributed by atoms with E-state index in [1.165, 1.54) is 0 Å². The van der Waals surface area contributed by atoms with Crippen LogP contribution < -0.4 is 5.32 Å². The number of nitrogens with zero attached hydrogens (tertiary/aromatic N) is 1. The highest BCUT2D eigenvalue weighted by Crippen LogP contribution is 2.06. The summed E-state index contributed by atoms with van der Waals surface area (Å²) in [6, 6.07) is 0. The summed E-state index contributed by atoms with van der Waals surface area (Å²) in [6.45, 7) is 10.2. The minimum absolute atomic E-state index is 0.191. The van der Waals surface area contributed by atoms with Gasteiger partial charge >= 0.3 is 0 Å². The molecular weight excluding hydrogens is 248 g/mol. The van der Waals surface area contributed by atoms with Gasteiger partial charge in [0.15, 0.2) is 9.84 Å². The van der Waals surface area contributed by atoms with Crippen molar-refractivity contribution in [3.8, 4) is 0 Å². The van der Waals surface area contributed by atoms with Gasteiger partial charge in [0, 0.05) is 12.1 Å². The van der Waals surface area contributed by atoms with E-state index in [0.29, 0.717) is 11.5 Å². The Balaban J connectivity index is 2.13. The van der Waals surface area contributed by atoms with Crippen LogP contribution in [0.2, 0.25) is 0 Å². The molecule has 0 spiro atoms. The molecule has 108 valence electrons. The molecule has 1 saturated heterocycles. The van der Waals surface area contributed by atoms with Crippen LogP contribution in [0.25, 0.3) is 0 Å². The van der Waals surface area contributed by atoms with Crippen molar-refractivity contribution in [3.63, 3.8) is 0 Å². The van der Waals surface area contributed by atoms with Gasteiger partial charge in [-0.05, 0) is 59.7 Å². The number of hydrogen-bond donors (Lipinski definition) is 1. The predicted octanol–water partition coefficient (Wildman–Crippen LogP) is 1.28. The Labute approximate surface area is 112 Å². The topological polar surface area (TPSA) is 49.4 Å². The molecule has 18 heavy (non-hydrogen) atoms. The monoisotopic (exact) mass is 276 g/mol. The van der Waals surface area contributed by atoms with Gasteiger partial charge in [0.25, 0.3) is 0 Å². The smallest absolute Gasteiger partial charge is 0.151 e. The lowest BCUT2D eigenvalue weighted by Crippen LogP contribution is -2.36. The summed E-state index contributed by atoms with van der Waals surface area (Å²) in [4.78, 5) is 2.29. The highest BCUT2D eigenvalue weighted by Gasteiger charge is 2.18. The van der Waals surface area contributed by atoms with E-state index < -0.39 is 9.84 Å². The van der Waals surface area contributed by atoms with Crippen molar-refractivity contribution in [2.75, 3.05) is 37.7 Å². The highest BCUT2D eigenvalue weighted by molar-refractivity contribution is 7.91. The van der Waals surface area contributed by atoms with Crippen molar-refractivity contribution in [3.05, 3.63) is 0 Å². The molecule has 0 unspecified atom stereocenters. The number of rotatable bonds is 5. The van der Waals surface area contributed by atoms with Crippen LogP contribution in [0.4, 0.5) is 0 Å². The minimum atomic E-state index is -2.76. The largest absolute Gasteiger partial charge is 0.312 e. The molecule has 1 aliphatic heterocycles. The zero-order valence-corrected chi connectivity index (χ0v) is 12.9. The van der Waals surface area contributed by atoms with Crippen molar-refractivity contribution in [1.82, 2.24) is 10.2 Å². The van der Waals surface area contributed by atoms with E-state index >= 15 is 0 Å². The molecule has 5 heteroatoms. The summed E-state index contributed by atoms with van der Waals surface area (Å²) in [6.07, 6.45) is 3.09. The van der Waals surface area contributed by atoms with Gasteiger partial charge in [0.2, 0.25) is 0 Å². The second kappa shape index (κ2) is 6.87. The second-order valence-corrected chi connectivity index (χ2v) is 8.53. The van der Waals surface area contributed by atoms with Gasteiger partial charge < -0.3 is 10.2 Å². The first-order valence-electron chi connectivity index (χ1n) is 6.96. The molecule has 0 aromatic carbocycles. The average molecular weight is 276 g/mol. The number of nitrogens with one attached hydrogen (secondary N) is 1. The van der Waals surface area contributed by atoms with E-state index in [1.54, 1.807) is 0 Å². The molecule has 0 atom stereocenters. The van der Waals surface area contributed by atoms with Gasteiger partial charge in [-0.25, -0.2) is 8.42 Å². The fraction of sp³-hybridized carbons (Fsp3) is 1.00. The van der Waals surface area contributed by atoms with Gasteiger partial charge in [-0.1, -0.05) is 0 Å². The van der Waals surface area contributed by atoms with E-state index in [0.717, 1.165) is 45.4 Å². The Morgan fingerprint density at radius 3 is 2.50 bits per heavy atom. The van der Waals surface area contributed by atoms with Gasteiger partial charge in [0.05, 0.1) is 11.5 Å². The van der Waals surface area contributed by atoms with E-state index in [4.69, 9.17) is 0 Å². The standard InChI is InChI=1S/C13H28N2O2S/c1-13(2,3)14-7-4-5-8-15-9-6-11-18(16,17)12-10-15/h14H,4-12H2,1-3H3. The third-order valence-corrected chi connectivity index (χ3v) is 4.92. The highest BCUT2D eigenvalue weighted by atomic mass is 32.2. The normalized spacial score (nSPS) is 21.7. The number of sulfone groups is 1. The molecule has 0 saturated carbocycles. The fourth-order valence-electron chi connectivity index (χ4n) is 2.14. The van der Waals surface area contributed by atoms with Crippen molar-refractivity contribution in [2.45, 2.75) is 45.6 Å². The molecule has 1 heterocycles. The van der Waals surface area contributed by atoms with Crippen LogP contribution in [0.3, 0.4) is 0 Å². The molecule has 0 bridgehead atoms. The first-order chi connectivity index (χ1) is 8.29. The van der Waals surface area contributed by atoms with E-state index in [1.807, 2.05) is 0 Å². The quantitative estimate of drug-likeness (QED) is 0.769. The fourth-order valence-corrected chi connectivity index (χ4v) is 3.45. The summed E-state index contributed by atoms with van der Waals surface area (Å²) in [5.74, 6) is 0.711. The molecule has 1 aliphatic rings. The number of hydrogen-bond acceptors (Lipinski definition) is 4.